The first kappa shape index (κ1) is 12.8. The molecule has 6 heteroatoms. The minimum atomic E-state index is -0.823. The average Bonchev–Trinajstić information content (AvgIpc) is 2.30. The maximum absolute atomic E-state index is 13.2. The molecule has 0 saturated heterocycles. The number of carbonyl (C=O) groups is 1. The van der Waals surface area contributed by atoms with Crippen LogP contribution in [0.4, 0.5) is 4.39 Å². The second kappa shape index (κ2) is 5.20. The lowest BCUT2D eigenvalue weighted by atomic mass is 10.1. The number of esters is 1. The Morgan fingerprint density at radius 2 is 2.18 bits per heavy atom. The zero-order chi connectivity index (χ0) is 13.0. The second-order valence-corrected chi connectivity index (χ2v) is 3.27. The lowest BCUT2D eigenvalue weighted by molar-refractivity contribution is -0.422. The molecular formula is C11H10FNO4. The number of nitro groups is 1. The second-order valence-electron chi connectivity index (χ2n) is 3.27. The molecule has 0 aromatic heterocycles. The van der Waals surface area contributed by atoms with Gasteiger partial charge >= 0.3 is 5.97 Å². The van der Waals surface area contributed by atoms with E-state index in [4.69, 9.17) is 0 Å². The van der Waals surface area contributed by atoms with Crippen LogP contribution in [0.2, 0.25) is 0 Å². The summed E-state index contributed by atoms with van der Waals surface area (Å²) in [5.74, 6) is -1.55. The maximum Gasteiger partial charge on any atom is 0.340 e. The number of halogens is 1. The van der Waals surface area contributed by atoms with Gasteiger partial charge in [0.2, 0.25) is 5.70 Å². The minimum Gasteiger partial charge on any atom is -0.465 e. The number of hydrogen-bond acceptors (Lipinski definition) is 4. The molecule has 0 atom stereocenters. The SMILES string of the molecule is COC(=O)c1cc(/C=C(\C)[N+](=O)[O-])ccc1F. The molecule has 1 aromatic carbocycles. The molecule has 0 heterocycles. The Morgan fingerprint density at radius 3 is 2.71 bits per heavy atom. The summed E-state index contributed by atoms with van der Waals surface area (Å²) in [6.45, 7) is 1.31. The highest BCUT2D eigenvalue weighted by Gasteiger charge is 2.13. The van der Waals surface area contributed by atoms with Gasteiger partial charge < -0.3 is 4.74 Å². The van der Waals surface area contributed by atoms with Gasteiger partial charge in [-0.1, -0.05) is 6.07 Å². The zero-order valence-corrected chi connectivity index (χ0v) is 9.27. The molecule has 90 valence electrons. The van der Waals surface area contributed by atoms with E-state index in [-0.39, 0.29) is 11.3 Å². The predicted molar refractivity (Wildman–Crippen MR) is 58.4 cm³/mol. The van der Waals surface area contributed by atoms with Gasteiger partial charge in [-0.25, -0.2) is 9.18 Å². The average molecular weight is 239 g/mol. The quantitative estimate of drug-likeness (QED) is 0.461. The predicted octanol–water partition coefficient (Wildman–Crippen LogP) is 2.25. The summed E-state index contributed by atoms with van der Waals surface area (Å²) in [4.78, 5) is 21.0. The highest BCUT2D eigenvalue weighted by atomic mass is 19.1. The smallest absolute Gasteiger partial charge is 0.340 e. The molecule has 0 amide bonds. The molecule has 0 N–H and O–H groups in total. The maximum atomic E-state index is 13.2. The Kier molecular flexibility index (Phi) is 3.92. The van der Waals surface area contributed by atoms with Gasteiger partial charge in [-0.2, -0.15) is 0 Å². The molecule has 0 aliphatic carbocycles. The first-order valence-electron chi connectivity index (χ1n) is 4.66. The highest BCUT2D eigenvalue weighted by Crippen LogP contribution is 2.14. The van der Waals surface area contributed by atoms with E-state index < -0.39 is 16.7 Å². The van der Waals surface area contributed by atoms with Crippen molar-refractivity contribution in [3.8, 4) is 0 Å². The van der Waals surface area contributed by atoms with Crippen molar-refractivity contribution < 1.29 is 18.8 Å². The molecule has 5 nitrogen and oxygen atoms in total. The van der Waals surface area contributed by atoms with Crippen LogP contribution in [0.1, 0.15) is 22.8 Å². The lowest BCUT2D eigenvalue weighted by Crippen LogP contribution is -2.04. The number of hydrogen-bond donors (Lipinski definition) is 0. The number of rotatable bonds is 3. The van der Waals surface area contributed by atoms with Crippen LogP contribution in [0.25, 0.3) is 6.08 Å². The van der Waals surface area contributed by atoms with E-state index >= 15 is 0 Å². The van der Waals surface area contributed by atoms with Crippen LogP contribution in [-0.4, -0.2) is 18.0 Å². The molecule has 0 bridgehead atoms. The van der Waals surface area contributed by atoms with Crippen molar-refractivity contribution in [1.82, 2.24) is 0 Å². The molecule has 0 saturated carbocycles. The monoisotopic (exact) mass is 239 g/mol. The van der Waals surface area contributed by atoms with Crippen LogP contribution in [0.3, 0.4) is 0 Å². The zero-order valence-electron chi connectivity index (χ0n) is 9.27. The fourth-order valence-corrected chi connectivity index (χ4v) is 1.19. The molecule has 0 aliphatic heterocycles. The Morgan fingerprint density at radius 1 is 1.53 bits per heavy atom. The van der Waals surface area contributed by atoms with Gasteiger partial charge in [-0.15, -0.1) is 0 Å². The topological polar surface area (TPSA) is 69.4 Å². The fraction of sp³-hybridized carbons (Fsp3) is 0.182. The Labute approximate surface area is 96.7 Å². The van der Waals surface area contributed by atoms with Crippen molar-refractivity contribution in [1.29, 1.82) is 0 Å². The summed E-state index contributed by atoms with van der Waals surface area (Å²) < 4.78 is 17.6. The van der Waals surface area contributed by atoms with Gasteiger partial charge in [-0.3, -0.25) is 10.1 Å². The van der Waals surface area contributed by atoms with Gasteiger partial charge in [0.25, 0.3) is 0 Å². The van der Waals surface area contributed by atoms with Crippen LogP contribution in [-0.2, 0) is 4.74 Å². The third-order valence-electron chi connectivity index (χ3n) is 2.06. The lowest BCUT2D eigenvalue weighted by Gasteiger charge is -2.02. The standard InChI is InChI=1S/C11H10FNO4/c1-7(13(15)16)5-8-3-4-10(12)9(6-8)11(14)17-2/h3-6H,1-2H3/b7-5+. The molecule has 0 radical (unpaired) electrons. The van der Waals surface area contributed by atoms with Crippen molar-refractivity contribution in [2.75, 3.05) is 7.11 Å². The van der Waals surface area contributed by atoms with Crippen LogP contribution < -0.4 is 0 Å². The Balaban J connectivity index is 3.17. The first-order chi connectivity index (χ1) is 7.95. The van der Waals surface area contributed by atoms with E-state index in [2.05, 4.69) is 4.74 Å². The molecule has 1 rings (SSSR count). The van der Waals surface area contributed by atoms with Crippen molar-refractivity contribution in [2.45, 2.75) is 6.92 Å². The van der Waals surface area contributed by atoms with E-state index in [0.717, 1.165) is 13.2 Å². The van der Waals surface area contributed by atoms with Gasteiger partial charge in [-0.05, 0) is 17.7 Å². The number of allylic oxidation sites excluding steroid dienone is 1. The fourth-order valence-electron chi connectivity index (χ4n) is 1.19. The van der Waals surface area contributed by atoms with Gasteiger partial charge in [0, 0.05) is 13.0 Å². The highest BCUT2D eigenvalue weighted by molar-refractivity contribution is 5.90. The molecule has 1 aromatic rings. The molecule has 0 spiro atoms. The van der Waals surface area contributed by atoms with Crippen molar-refractivity contribution in [3.05, 3.63) is 51.0 Å². The van der Waals surface area contributed by atoms with Crippen LogP contribution >= 0.6 is 0 Å². The summed E-state index contributed by atoms with van der Waals surface area (Å²) in [7, 11) is 1.13. The summed E-state index contributed by atoms with van der Waals surface area (Å²) in [6.07, 6.45) is 1.24. The molecular weight excluding hydrogens is 229 g/mol. The van der Waals surface area contributed by atoms with Crippen molar-refractivity contribution in [2.24, 2.45) is 0 Å². The van der Waals surface area contributed by atoms with Crippen LogP contribution in [0, 0.1) is 15.9 Å². The summed E-state index contributed by atoms with van der Waals surface area (Å²) in [5, 5.41) is 10.4. The third-order valence-corrected chi connectivity index (χ3v) is 2.06. The van der Waals surface area contributed by atoms with Crippen LogP contribution in [0.15, 0.2) is 23.9 Å². The van der Waals surface area contributed by atoms with Crippen molar-refractivity contribution >= 4 is 12.0 Å². The molecule has 0 aliphatic rings. The van der Waals surface area contributed by atoms with E-state index in [1.165, 1.54) is 25.1 Å². The number of benzene rings is 1. The molecule has 17 heavy (non-hydrogen) atoms. The third kappa shape index (κ3) is 3.10. The first-order valence-corrected chi connectivity index (χ1v) is 4.66. The summed E-state index contributed by atoms with van der Waals surface area (Å²) >= 11 is 0. The van der Waals surface area contributed by atoms with Gasteiger partial charge in [0.05, 0.1) is 17.6 Å². The normalized spacial score (nSPS) is 11.1. The largest absolute Gasteiger partial charge is 0.465 e. The van der Waals surface area contributed by atoms with E-state index in [0.29, 0.717) is 5.56 Å². The molecule has 0 unspecified atom stereocenters. The number of carbonyl (C=O) groups excluding carboxylic acids is 1. The van der Waals surface area contributed by atoms with Crippen molar-refractivity contribution in [3.63, 3.8) is 0 Å². The Hall–Kier alpha value is -2.24. The number of methoxy groups -OCH3 is 1. The van der Waals surface area contributed by atoms with Gasteiger partial charge in [0.15, 0.2) is 0 Å². The van der Waals surface area contributed by atoms with E-state index in [9.17, 15) is 19.3 Å². The minimum absolute atomic E-state index is 0.104. The van der Waals surface area contributed by atoms with Crippen LogP contribution in [0.5, 0.6) is 0 Å². The van der Waals surface area contributed by atoms with E-state index in [1.807, 2.05) is 0 Å². The van der Waals surface area contributed by atoms with Gasteiger partial charge in [0.1, 0.15) is 5.82 Å². The summed E-state index contributed by atoms with van der Waals surface area (Å²) in [5.41, 5.74) is 0.00539. The number of ether oxygens (including phenoxy) is 1. The van der Waals surface area contributed by atoms with E-state index in [1.54, 1.807) is 0 Å². The number of nitrogens with zero attached hydrogens (tertiary/aromatic N) is 1. The Bertz CT molecular complexity index is 496. The molecule has 0 fully saturated rings. The summed E-state index contributed by atoms with van der Waals surface area (Å²) in [6, 6.07) is 3.61.